The van der Waals surface area contributed by atoms with Crippen LogP contribution in [-0.4, -0.2) is 62.4 Å². The second-order valence-corrected chi connectivity index (χ2v) is 8.18. The van der Waals surface area contributed by atoms with Gasteiger partial charge in [-0.1, -0.05) is 6.07 Å². The molecule has 3 rings (SSSR count). The van der Waals surface area contributed by atoms with Gasteiger partial charge in [0.1, 0.15) is 11.3 Å². The van der Waals surface area contributed by atoms with E-state index in [1.807, 2.05) is 12.1 Å². The van der Waals surface area contributed by atoms with Crippen molar-refractivity contribution in [1.29, 1.82) is 0 Å². The summed E-state index contributed by atoms with van der Waals surface area (Å²) in [5.74, 6) is -1.11. The molecule has 2 amide bonds. The first-order valence-corrected chi connectivity index (χ1v) is 11.3. The molecule has 10 heteroatoms. The van der Waals surface area contributed by atoms with Crippen molar-refractivity contribution in [1.82, 2.24) is 4.90 Å². The van der Waals surface area contributed by atoms with Gasteiger partial charge in [-0.2, -0.15) is 0 Å². The summed E-state index contributed by atoms with van der Waals surface area (Å²) in [6, 6.07) is 5.55. The highest BCUT2D eigenvalue weighted by Crippen LogP contribution is 2.31. The number of furan rings is 1. The van der Waals surface area contributed by atoms with Crippen LogP contribution in [0.4, 0.5) is 5.88 Å². The Hall–Kier alpha value is -3.82. The van der Waals surface area contributed by atoms with Gasteiger partial charge in [0.2, 0.25) is 17.7 Å². The van der Waals surface area contributed by atoms with Gasteiger partial charge in [0.05, 0.1) is 32.3 Å². The lowest BCUT2D eigenvalue weighted by atomic mass is 10.1. The fourth-order valence-corrected chi connectivity index (χ4v) is 4.13. The molecule has 35 heavy (non-hydrogen) atoms. The Balaban J connectivity index is 1.68. The van der Waals surface area contributed by atoms with Crippen LogP contribution >= 0.6 is 0 Å². The number of carbonyl (C=O) groups excluding carboxylic acids is 4. The number of likely N-dealkylation sites (tertiary alicyclic amines) is 1. The van der Waals surface area contributed by atoms with Crippen molar-refractivity contribution < 1.29 is 37.8 Å². The molecule has 2 heterocycles. The molecule has 1 unspecified atom stereocenters. The number of nitrogens with one attached hydrogen (secondary N) is 1. The molecule has 1 saturated heterocycles. The minimum absolute atomic E-state index is 0.0335. The number of rotatable bonds is 10. The fourth-order valence-electron chi connectivity index (χ4n) is 4.13. The average molecular weight is 487 g/mol. The van der Waals surface area contributed by atoms with Gasteiger partial charge >= 0.3 is 5.97 Å². The van der Waals surface area contributed by atoms with Crippen LogP contribution in [0.15, 0.2) is 22.6 Å². The molecule has 188 valence electrons. The lowest BCUT2D eigenvalue weighted by Gasteiger charge is -2.17. The Labute approximate surface area is 203 Å². The van der Waals surface area contributed by atoms with Crippen LogP contribution in [-0.2, 0) is 20.7 Å². The van der Waals surface area contributed by atoms with Crippen LogP contribution in [0.25, 0.3) is 0 Å². The molecule has 1 fully saturated rings. The molecule has 1 atom stereocenters. The second kappa shape index (κ2) is 11.1. The predicted octanol–water partition coefficient (Wildman–Crippen LogP) is 3.01. The fraction of sp³-hybridized carbons (Fsp3) is 0.440. The molecule has 1 aliphatic heterocycles. The van der Waals surface area contributed by atoms with Crippen LogP contribution in [0.3, 0.4) is 0 Å². The molecule has 10 nitrogen and oxygen atoms in total. The molecular formula is C25H30N2O8. The van der Waals surface area contributed by atoms with Crippen molar-refractivity contribution in [3.05, 3.63) is 40.6 Å². The summed E-state index contributed by atoms with van der Waals surface area (Å²) in [6.07, 6.45) is 0.610. The maximum absolute atomic E-state index is 12.9. The van der Waals surface area contributed by atoms with Crippen molar-refractivity contribution in [2.45, 2.75) is 33.6 Å². The lowest BCUT2D eigenvalue weighted by molar-refractivity contribution is -0.128. The Morgan fingerprint density at radius 1 is 1.14 bits per heavy atom. The van der Waals surface area contributed by atoms with Gasteiger partial charge in [-0.05, 0) is 44.9 Å². The zero-order valence-corrected chi connectivity index (χ0v) is 20.6. The van der Waals surface area contributed by atoms with Gasteiger partial charge in [-0.15, -0.1) is 0 Å². The summed E-state index contributed by atoms with van der Waals surface area (Å²) < 4.78 is 21.1. The van der Waals surface area contributed by atoms with Crippen LogP contribution in [0.1, 0.15) is 52.3 Å². The van der Waals surface area contributed by atoms with Gasteiger partial charge in [-0.3, -0.25) is 19.7 Å². The van der Waals surface area contributed by atoms with E-state index in [-0.39, 0.29) is 54.0 Å². The quantitative estimate of drug-likeness (QED) is 0.401. The molecule has 1 N–H and O–H groups in total. The van der Waals surface area contributed by atoms with Crippen LogP contribution in [0, 0.1) is 12.8 Å². The van der Waals surface area contributed by atoms with Crippen molar-refractivity contribution in [3.63, 3.8) is 0 Å². The highest BCUT2D eigenvalue weighted by molar-refractivity contribution is 6.11. The Bertz CT molecular complexity index is 1140. The van der Waals surface area contributed by atoms with Crippen molar-refractivity contribution in [2.24, 2.45) is 5.92 Å². The van der Waals surface area contributed by atoms with E-state index in [1.165, 1.54) is 13.8 Å². The number of hydrogen-bond acceptors (Lipinski definition) is 8. The summed E-state index contributed by atoms with van der Waals surface area (Å²) in [7, 11) is 3.12. The topological polar surface area (TPSA) is 124 Å². The Morgan fingerprint density at radius 2 is 1.86 bits per heavy atom. The number of ketones is 1. The van der Waals surface area contributed by atoms with Crippen LogP contribution in [0.2, 0.25) is 0 Å². The molecule has 2 aromatic rings. The second-order valence-electron chi connectivity index (χ2n) is 8.18. The van der Waals surface area contributed by atoms with Crippen molar-refractivity contribution in [2.75, 3.05) is 39.2 Å². The zero-order chi connectivity index (χ0) is 25.7. The SMILES string of the molecule is CCOC(=O)c1c(NC(=O)C2CC(=O)N(CCc3ccc(OC)c(OC)c3)C2)oc(C)c1C(C)=O. The first kappa shape index (κ1) is 25.8. The minimum atomic E-state index is -0.760. The number of amides is 2. The van der Waals surface area contributed by atoms with E-state index >= 15 is 0 Å². The molecule has 1 aromatic heterocycles. The molecule has 1 aromatic carbocycles. The molecule has 0 aliphatic carbocycles. The van der Waals surface area contributed by atoms with Gasteiger partial charge in [0.25, 0.3) is 0 Å². The normalized spacial score (nSPS) is 15.2. The Kier molecular flexibility index (Phi) is 8.16. The number of aryl methyl sites for hydroxylation is 1. The van der Waals surface area contributed by atoms with E-state index in [9.17, 15) is 19.2 Å². The van der Waals surface area contributed by atoms with E-state index in [1.54, 1.807) is 32.1 Å². The number of carbonyl (C=O) groups is 4. The molecule has 0 saturated carbocycles. The summed E-state index contributed by atoms with van der Waals surface area (Å²) in [5.41, 5.74) is 0.919. The monoisotopic (exact) mass is 486 g/mol. The first-order chi connectivity index (χ1) is 16.7. The number of ether oxygens (including phenoxy) is 3. The number of anilines is 1. The number of methoxy groups -OCH3 is 2. The average Bonchev–Trinajstić information content (AvgIpc) is 3.36. The highest BCUT2D eigenvalue weighted by atomic mass is 16.5. The largest absolute Gasteiger partial charge is 0.493 e. The number of hydrogen-bond donors (Lipinski definition) is 1. The summed E-state index contributed by atoms with van der Waals surface area (Å²) in [6.45, 7) is 5.23. The van der Waals surface area contributed by atoms with Gasteiger partial charge in [-0.25, -0.2) is 4.79 Å². The maximum atomic E-state index is 12.9. The standard InChI is InChI=1S/C25H30N2O8/c1-6-34-25(31)22-21(14(2)28)15(3)35-24(22)26-23(30)17-12-20(29)27(13-17)10-9-16-7-8-18(32-4)19(11-16)33-5/h7-8,11,17H,6,9-10,12-13H2,1-5H3,(H,26,30). The van der Waals surface area contributed by atoms with Crippen molar-refractivity contribution >= 4 is 29.5 Å². The van der Waals surface area contributed by atoms with Crippen LogP contribution in [0.5, 0.6) is 11.5 Å². The number of benzene rings is 1. The van der Waals surface area contributed by atoms with Crippen molar-refractivity contribution in [3.8, 4) is 11.5 Å². The molecular weight excluding hydrogens is 456 g/mol. The van der Waals surface area contributed by atoms with Crippen LogP contribution < -0.4 is 14.8 Å². The predicted molar refractivity (Wildman–Crippen MR) is 126 cm³/mol. The first-order valence-electron chi connectivity index (χ1n) is 11.3. The maximum Gasteiger partial charge on any atom is 0.344 e. The third-order valence-corrected chi connectivity index (χ3v) is 5.86. The van der Waals surface area contributed by atoms with E-state index in [0.29, 0.717) is 24.5 Å². The Morgan fingerprint density at radius 3 is 2.49 bits per heavy atom. The minimum Gasteiger partial charge on any atom is -0.493 e. The van der Waals surface area contributed by atoms with Gasteiger partial charge in [0, 0.05) is 19.5 Å². The van der Waals surface area contributed by atoms with Gasteiger partial charge in [0.15, 0.2) is 17.3 Å². The summed E-state index contributed by atoms with van der Waals surface area (Å²) in [5, 5.41) is 2.58. The third-order valence-electron chi connectivity index (χ3n) is 5.86. The van der Waals surface area contributed by atoms with E-state index < -0.39 is 17.8 Å². The molecule has 0 spiro atoms. The van der Waals surface area contributed by atoms with E-state index in [4.69, 9.17) is 18.6 Å². The third kappa shape index (κ3) is 5.64. The van der Waals surface area contributed by atoms with E-state index in [0.717, 1.165) is 5.56 Å². The molecule has 0 radical (unpaired) electrons. The highest BCUT2D eigenvalue weighted by Gasteiger charge is 2.36. The van der Waals surface area contributed by atoms with E-state index in [2.05, 4.69) is 5.32 Å². The summed E-state index contributed by atoms with van der Waals surface area (Å²) >= 11 is 0. The summed E-state index contributed by atoms with van der Waals surface area (Å²) in [4.78, 5) is 51.6. The molecule has 0 bridgehead atoms. The molecule has 1 aliphatic rings. The number of esters is 1. The number of Topliss-reactive ketones (excluding diaryl/α,β-unsaturated/α-hetero) is 1. The smallest absolute Gasteiger partial charge is 0.344 e. The van der Waals surface area contributed by atoms with Gasteiger partial charge < -0.3 is 23.5 Å². The number of nitrogens with zero attached hydrogens (tertiary/aromatic N) is 1. The zero-order valence-electron chi connectivity index (χ0n) is 20.6. The lowest BCUT2D eigenvalue weighted by Crippen LogP contribution is -2.30.